The monoisotopic (exact) mass is 531 g/mol. The van der Waals surface area contributed by atoms with Crippen molar-refractivity contribution in [2.24, 2.45) is 10.9 Å². The second-order valence-electron chi connectivity index (χ2n) is 6.11. The van der Waals surface area contributed by atoms with Crippen LogP contribution in [0.25, 0.3) is 11.3 Å². The first-order valence-electron chi connectivity index (χ1n) is 9.74. The third-order valence-electron chi connectivity index (χ3n) is 3.50. The SMILES string of the molecule is CC(=O)N=C=S.Cc1nc2ccccn2n1.Cl.NO.Nc1ccccn1.Nc1nc2ccccn2n1. The molecule has 5 aromatic rings. The van der Waals surface area contributed by atoms with Gasteiger partial charge < -0.3 is 16.7 Å². The van der Waals surface area contributed by atoms with E-state index in [4.69, 9.17) is 16.7 Å². The van der Waals surface area contributed by atoms with Crippen LogP contribution in [0.1, 0.15) is 12.7 Å². The van der Waals surface area contributed by atoms with Gasteiger partial charge in [0.1, 0.15) is 11.6 Å². The summed E-state index contributed by atoms with van der Waals surface area (Å²) < 4.78 is 3.39. The van der Waals surface area contributed by atoms with Gasteiger partial charge in [0.2, 0.25) is 5.95 Å². The van der Waals surface area contributed by atoms with Crippen LogP contribution in [-0.4, -0.2) is 50.5 Å². The fourth-order valence-electron chi connectivity index (χ4n) is 2.23. The van der Waals surface area contributed by atoms with Gasteiger partial charge in [-0.15, -0.1) is 17.5 Å². The highest BCUT2D eigenvalue weighted by atomic mass is 35.5. The molecule has 0 saturated carbocycles. The second kappa shape index (κ2) is 18.1. The molecule has 0 atom stereocenters. The molecule has 1 amide bonds. The van der Waals surface area contributed by atoms with E-state index in [0.717, 1.165) is 17.1 Å². The molecule has 0 spiro atoms. The summed E-state index contributed by atoms with van der Waals surface area (Å²) in [5.74, 6) is 4.89. The molecule has 0 aliphatic heterocycles. The molecule has 190 valence electrons. The third kappa shape index (κ3) is 12.2. The molecule has 0 saturated heterocycles. The van der Waals surface area contributed by atoms with Crippen LogP contribution in [0, 0.1) is 6.92 Å². The predicted octanol–water partition coefficient (Wildman–Crippen LogP) is 2.40. The van der Waals surface area contributed by atoms with E-state index in [2.05, 4.69) is 48.3 Å². The number of thiocarbonyl (C=S) groups is 1. The van der Waals surface area contributed by atoms with Crippen molar-refractivity contribution in [3.05, 3.63) is 79.0 Å². The predicted molar refractivity (Wildman–Crippen MR) is 143 cm³/mol. The Hall–Kier alpha value is -4.33. The lowest BCUT2D eigenvalue weighted by Crippen LogP contribution is -1.87. The third-order valence-corrected chi connectivity index (χ3v) is 3.59. The minimum atomic E-state index is -0.301. The molecule has 15 heteroatoms. The average Bonchev–Trinajstić information content (AvgIpc) is 3.42. The van der Waals surface area contributed by atoms with Gasteiger partial charge in [0, 0.05) is 25.5 Å². The summed E-state index contributed by atoms with van der Waals surface area (Å²) in [4.78, 5) is 24.7. The minimum Gasteiger partial charge on any atom is -0.384 e. The second-order valence-corrected chi connectivity index (χ2v) is 6.30. The van der Waals surface area contributed by atoms with E-state index in [-0.39, 0.29) is 18.3 Å². The van der Waals surface area contributed by atoms with Gasteiger partial charge in [-0.1, -0.05) is 18.2 Å². The molecule has 0 bridgehead atoms. The molecule has 0 aromatic carbocycles. The molecule has 0 fully saturated rings. The van der Waals surface area contributed by atoms with Crippen molar-refractivity contribution in [1.82, 2.24) is 34.2 Å². The fraction of sp³-hybridized carbons (Fsp3) is 0.0952. The Morgan fingerprint density at radius 2 is 1.50 bits per heavy atom. The molecule has 5 aromatic heterocycles. The number of rotatable bonds is 0. The zero-order valence-corrected chi connectivity index (χ0v) is 21.0. The molecule has 36 heavy (non-hydrogen) atoms. The lowest BCUT2D eigenvalue weighted by atomic mass is 10.5. The first-order chi connectivity index (χ1) is 16.9. The molecular weight excluding hydrogens is 506 g/mol. The average molecular weight is 532 g/mol. The van der Waals surface area contributed by atoms with Crippen LogP contribution in [0.2, 0.25) is 0 Å². The Bertz CT molecular complexity index is 1220. The van der Waals surface area contributed by atoms with Crippen molar-refractivity contribution < 1.29 is 10.0 Å². The molecule has 7 N–H and O–H groups in total. The Morgan fingerprint density at radius 3 is 1.89 bits per heavy atom. The standard InChI is InChI=1S/C7H7N3.C6H6N4.C5H6N2.C3H3NOS.ClH.H3NO/c1-6-8-7-4-2-3-5-10(7)9-6;7-6-8-5-3-1-2-4-10(5)9-6;6-5-3-1-2-4-7-5;1-3(5)4-2-6;;1-2/h2-5H,1H3;1-4H,(H2,7,9);1-4H,(H2,6,7);1H3;1H;2H,1H2. The van der Waals surface area contributed by atoms with Crippen molar-refractivity contribution in [2.75, 3.05) is 11.5 Å². The van der Waals surface area contributed by atoms with Crippen molar-refractivity contribution in [2.45, 2.75) is 13.8 Å². The van der Waals surface area contributed by atoms with E-state index in [1.807, 2.05) is 66.8 Å². The van der Waals surface area contributed by atoms with Crippen LogP contribution < -0.4 is 17.4 Å². The molecule has 0 radical (unpaired) electrons. The fourth-order valence-corrected chi connectivity index (χ4v) is 2.36. The zero-order chi connectivity index (χ0) is 26.1. The van der Waals surface area contributed by atoms with Gasteiger partial charge in [-0.2, -0.15) is 15.1 Å². The summed E-state index contributed by atoms with van der Waals surface area (Å²) in [7, 11) is 0. The van der Waals surface area contributed by atoms with Crippen LogP contribution in [0.3, 0.4) is 0 Å². The van der Waals surface area contributed by atoms with Gasteiger partial charge >= 0.3 is 0 Å². The molecule has 0 aliphatic carbocycles. The van der Waals surface area contributed by atoms with Crippen LogP contribution in [-0.2, 0) is 4.79 Å². The number of halogens is 1. The number of carbonyl (C=O) groups is 1. The summed E-state index contributed by atoms with van der Waals surface area (Å²) in [6, 6.07) is 16.9. The van der Waals surface area contributed by atoms with E-state index < -0.39 is 0 Å². The van der Waals surface area contributed by atoms with Crippen LogP contribution in [0.4, 0.5) is 11.8 Å². The zero-order valence-electron chi connectivity index (χ0n) is 19.4. The summed E-state index contributed by atoms with van der Waals surface area (Å²) in [5, 5.41) is 16.4. The Kier molecular flexibility index (Phi) is 15.9. The van der Waals surface area contributed by atoms with Gasteiger partial charge in [0.15, 0.2) is 11.3 Å². The number of aryl methyl sites for hydroxylation is 1. The van der Waals surface area contributed by atoms with E-state index in [9.17, 15) is 4.79 Å². The van der Waals surface area contributed by atoms with Crippen LogP contribution >= 0.6 is 24.6 Å². The Morgan fingerprint density at radius 1 is 0.944 bits per heavy atom. The first-order valence-corrected chi connectivity index (χ1v) is 10.2. The highest BCUT2D eigenvalue weighted by Crippen LogP contribution is 1.99. The topological polar surface area (TPSA) is 201 Å². The minimum absolute atomic E-state index is 0. The molecule has 5 heterocycles. The summed E-state index contributed by atoms with van der Waals surface area (Å²) in [5.41, 5.74) is 12.3. The number of anilines is 2. The van der Waals surface area contributed by atoms with Gasteiger partial charge in [0.05, 0.1) is 5.16 Å². The van der Waals surface area contributed by atoms with E-state index in [1.165, 1.54) is 6.92 Å². The number of nitrogens with two attached hydrogens (primary N) is 3. The van der Waals surface area contributed by atoms with E-state index in [0.29, 0.717) is 11.8 Å². The quantitative estimate of drug-likeness (QED) is 0.130. The van der Waals surface area contributed by atoms with Crippen molar-refractivity contribution in [1.29, 1.82) is 0 Å². The highest BCUT2D eigenvalue weighted by Gasteiger charge is 1.95. The van der Waals surface area contributed by atoms with Gasteiger partial charge in [-0.25, -0.2) is 24.9 Å². The van der Waals surface area contributed by atoms with Gasteiger partial charge in [-0.05, 0) is 55.5 Å². The summed E-state index contributed by atoms with van der Waals surface area (Å²) >= 11 is 4.09. The Labute approximate surface area is 218 Å². The number of aliphatic imine (C=N–C) groups is 1. The number of isothiocyanates is 1. The number of hydrogen-bond donors (Lipinski definition) is 4. The van der Waals surface area contributed by atoms with Gasteiger partial charge in [0.25, 0.3) is 5.91 Å². The van der Waals surface area contributed by atoms with E-state index in [1.54, 1.807) is 27.5 Å². The van der Waals surface area contributed by atoms with Crippen molar-refractivity contribution in [3.8, 4) is 0 Å². The molecular formula is C21H26ClN11O2S. The number of amides is 1. The number of pyridine rings is 3. The smallest absolute Gasteiger partial charge is 0.251 e. The first kappa shape index (κ1) is 31.7. The number of carbonyl (C=O) groups excluding carboxylic acids is 1. The van der Waals surface area contributed by atoms with Crippen molar-refractivity contribution in [3.63, 3.8) is 0 Å². The molecule has 13 nitrogen and oxygen atoms in total. The maximum Gasteiger partial charge on any atom is 0.251 e. The number of nitrogen functional groups attached to an aromatic ring is 2. The number of aromatic nitrogens is 7. The normalized spacial score (nSPS) is 8.67. The number of hydrogen-bond acceptors (Lipinski definition) is 11. The maximum absolute atomic E-state index is 9.75. The highest BCUT2D eigenvalue weighted by molar-refractivity contribution is 7.78. The summed E-state index contributed by atoms with van der Waals surface area (Å²) in [6.45, 7) is 3.20. The largest absolute Gasteiger partial charge is 0.384 e. The summed E-state index contributed by atoms with van der Waals surface area (Å²) in [6.07, 6.45) is 5.35. The Balaban J connectivity index is 0.000000449. The molecule has 0 unspecified atom stereocenters. The molecule has 5 rings (SSSR count). The lowest BCUT2D eigenvalue weighted by molar-refractivity contribution is -0.115. The maximum atomic E-state index is 9.75. The van der Waals surface area contributed by atoms with Gasteiger partial charge in [-0.3, -0.25) is 4.79 Å². The van der Waals surface area contributed by atoms with Crippen LogP contribution in [0.15, 0.2) is 78.2 Å². The van der Waals surface area contributed by atoms with E-state index >= 15 is 0 Å². The lowest BCUT2D eigenvalue weighted by Gasteiger charge is -1.84. The van der Waals surface area contributed by atoms with Crippen molar-refractivity contribution >= 4 is 58.8 Å². The number of fused-ring (bicyclic) bond motifs is 2. The molecule has 0 aliphatic rings. The van der Waals surface area contributed by atoms with Crippen LogP contribution in [0.5, 0.6) is 0 Å². The number of nitrogens with zero attached hydrogens (tertiary/aromatic N) is 8.